The highest BCUT2D eigenvalue weighted by atomic mass is 79.9. The van der Waals surface area contributed by atoms with Crippen LogP contribution in [0, 0.1) is 0 Å². The average Bonchev–Trinajstić information content (AvgIpc) is 2.92. The standard InChI is InChI=1S/C34H36BrNO2/c1-23-14-17-31(29-13-9-8-12-28(23)29)34(37,18-19-36(2)3)33(24-10-6-5-7-11-24)30-21-26-20-27(35)16-15-25(26)22-32(30)38-4/h5-13,15-17,20-23,33,37H,14,18-19H2,1-4H3/t23?,33?,34-/m1/s1. The van der Waals surface area contributed by atoms with Crippen molar-refractivity contribution in [2.24, 2.45) is 0 Å². The fourth-order valence-electron chi connectivity index (χ4n) is 5.97. The molecular weight excluding hydrogens is 534 g/mol. The van der Waals surface area contributed by atoms with Gasteiger partial charge in [0.15, 0.2) is 0 Å². The number of methoxy groups -OCH3 is 1. The molecule has 3 atom stereocenters. The van der Waals surface area contributed by atoms with Crippen LogP contribution in [0.4, 0.5) is 0 Å². The van der Waals surface area contributed by atoms with E-state index in [1.54, 1.807) is 7.11 Å². The minimum absolute atomic E-state index is 0.338. The molecule has 5 rings (SSSR count). The van der Waals surface area contributed by atoms with E-state index in [1.807, 2.05) is 6.07 Å². The van der Waals surface area contributed by atoms with Gasteiger partial charge in [0.2, 0.25) is 0 Å². The summed E-state index contributed by atoms with van der Waals surface area (Å²) in [6, 6.07) is 29.6. The number of rotatable bonds is 8. The molecule has 0 radical (unpaired) electrons. The molecule has 0 heterocycles. The fraction of sp³-hybridized carbons (Fsp3) is 0.294. The van der Waals surface area contributed by atoms with Crippen molar-refractivity contribution in [3.63, 3.8) is 0 Å². The Morgan fingerprint density at radius 3 is 2.45 bits per heavy atom. The molecule has 0 aromatic heterocycles. The molecule has 4 heteroatoms. The predicted octanol–water partition coefficient (Wildman–Crippen LogP) is 8.02. The summed E-state index contributed by atoms with van der Waals surface area (Å²) in [5.74, 6) is 0.862. The molecule has 0 saturated heterocycles. The molecule has 4 aromatic rings. The largest absolute Gasteiger partial charge is 0.496 e. The van der Waals surface area contributed by atoms with Gasteiger partial charge in [-0.1, -0.05) is 89.6 Å². The lowest BCUT2D eigenvalue weighted by molar-refractivity contribution is 0.0655. The van der Waals surface area contributed by atoms with Crippen molar-refractivity contribution in [3.05, 3.63) is 118 Å². The maximum absolute atomic E-state index is 13.2. The minimum Gasteiger partial charge on any atom is -0.496 e. The van der Waals surface area contributed by atoms with E-state index in [1.165, 1.54) is 5.56 Å². The number of fused-ring (bicyclic) bond motifs is 2. The number of aliphatic hydroxyl groups is 1. The van der Waals surface area contributed by atoms with Crippen molar-refractivity contribution < 1.29 is 9.84 Å². The average molecular weight is 571 g/mol. The van der Waals surface area contributed by atoms with Crippen LogP contribution in [0.1, 0.15) is 53.9 Å². The van der Waals surface area contributed by atoms with E-state index in [9.17, 15) is 5.11 Å². The Morgan fingerprint density at radius 2 is 1.71 bits per heavy atom. The Balaban J connectivity index is 1.80. The highest BCUT2D eigenvalue weighted by Gasteiger charge is 2.45. The quantitative estimate of drug-likeness (QED) is 0.233. The molecule has 196 valence electrons. The van der Waals surface area contributed by atoms with Gasteiger partial charge in [0.1, 0.15) is 11.4 Å². The van der Waals surface area contributed by atoms with Gasteiger partial charge < -0.3 is 14.7 Å². The topological polar surface area (TPSA) is 32.7 Å². The smallest absolute Gasteiger partial charge is 0.123 e. The first kappa shape index (κ1) is 26.7. The van der Waals surface area contributed by atoms with E-state index in [4.69, 9.17) is 4.74 Å². The molecule has 1 aliphatic carbocycles. The zero-order valence-corrected chi connectivity index (χ0v) is 24.2. The van der Waals surface area contributed by atoms with Gasteiger partial charge in [-0.15, -0.1) is 0 Å². The highest BCUT2D eigenvalue weighted by Crippen LogP contribution is 2.51. The zero-order valence-electron chi connectivity index (χ0n) is 22.6. The second kappa shape index (κ2) is 11.1. The summed E-state index contributed by atoms with van der Waals surface area (Å²) in [5, 5.41) is 15.4. The molecule has 0 bridgehead atoms. The third-order valence-corrected chi connectivity index (χ3v) is 8.43. The van der Waals surface area contributed by atoms with E-state index < -0.39 is 5.60 Å². The van der Waals surface area contributed by atoms with Gasteiger partial charge in [0, 0.05) is 22.5 Å². The minimum atomic E-state index is -1.17. The van der Waals surface area contributed by atoms with Crippen LogP contribution in [-0.4, -0.2) is 43.4 Å². The first-order valence-electron chi connectivity index (χ1n) is 13.3. The van der Waals surface area contributed by atoms with Crippen molar-refractivity contribution in [2.75, 3.05) is 27.7 Å². The Hall–Kier alpha value is -2.92. The van der Waals surface area contributed by atoms with E-state index >= 15 is 0 Å². The van der Waals surface area contributed by atoms with Crippen molar-refractivity contribution in [1.82, 2.24) is 4.90 Å². The van der Waals surface area contributed by atoms with Crippen molar-refractivity contribution in [1.29, 1.82) is 0 Å². The number of ether oxygens (including phenoxy) is 1. The van der Waals surface area contributed by atoms with Gasteiger partial charge in [-0.05, 0) is 90.2 Å². The van der Waals surface area contributed by atoms with Gasteiger partial charge in [-0.25, -0.2) is 0 Å². The van der Waals surface area contributed by atoms with Crippen LogP contribution in [0.15, 0.2) is 95.5 Å². The number of allylic oxidation sites excluding steroid dienone is 1. The predicted molar refractivity (Wildman–Crippen MR) is 162 cm³/mol. The van der Waals surface area contributed by atoms with Gasteiger partial charge in [-0.2, -0.15) is 0 Å². The third-order valence-electron chi connectivity index (χ3n) is 7.94. The van der Waals surface area contributed by atoms with Crippen molar-refractivity contribution >= 4 is 32.3 Å². The molecule has 4 aromatic carbocycles. The van der Waals surface area contributed by atoms with Crippen LogP contribution >= 0.6 is 15.9 Å². The molecule has 0 saturated carbocycles. The number of hydrogen-bond donors (Lipinski definition) is 1. The molecule has 38 heavy (non-hydrogen) atoms. The maximum atomic E-state index is 13.2. The Kier molecular flexibility index (Phi) is 7.76. The van der Waals surface area contributed by atoms with Crippen LogP contribution in [0.3, 0.4) is 0 Å². The zero-order chi connectivity index (χ0) is 26.9. The third kappa shape index (κ3) is 5.05. The normalized spacial score (nSPS) is 17.6. The maximum Gasteiger partial charge on any atom is 0.123 e. The monoisotopic (exact) mass is 569 g/mol. The first-order chi connectivity index (χ1) is 18.3. The summed E-state index contributed by atoms with van der Waals surface area (Å²) in [7, 11) is 5.86. The number of halogens is 1. The Morgan fingerprint density at radius 1 is 0.974 bits per heavy atom. The lowest BCUT2D eigenvalue weighted by Gasteiger charge is -2.42. The highest BCUT2D eigenvalue weighted by molar-refractivity contribution is 9.10. The lowest BCUT2D eigenvalue weighted by atomic mass is 9.66. The molecule has 1 aliphatic rings. The van der Waals surface area contributed by atoms with Crippen LogP contribution in [0.25, 0.3) is 16.3 Å². The van der Waals surface area contributed by atoms with Crippen LogP contribution in [0.2, 0.25) is 0 Å². The van der Waals surface area contributed by atoms with E-state index in [2.05, 4.69) is 127 Å². The summed E-state index contributed by atoms with van der Waals surface area (Å²) >= 11 is 3.65. The second-order valence-electron chi connectivity index (χ2n) is 10.7. The van der Waals surface area contributed by atoms with Gasteiger partial charge >= 0.3 is 0 Å². The summed E-state index contributed by atoms with van der Waals surface area (Å²) in [4.78, 5) is 2.15. The van der Waals surface area contributed by atoms with Crippen molar-refractivity contribution in [3.8, 4) is 5.75 Å². The van der Waals surface area contributed by atoms with Crippen LogP contribution in [-0.2, 0) is 0 Å². The van der Waals surface area contributed by atoms with E-state index in [0.29, 0.717) is 12.3 Å². The molecule has 1 N–H and O–H groups in total. The molecule has 0 spiro atoms. The number of benzene rings is 4. The summed E-state index contributed by atoms with van der Waals surface area (Å²) in [5.41, 5.74) is 4.35. The Bertz CT molecular complexity index is 1460. The van der Waals surface area contributed by atoms with Gasteiger partial charge in [-0.3, -0.25) is 0 Å². The molecule has 3 nitrogen and oxygen atoms in total. The lowest BCUT2D eigenvalue weighted by Crippen LogP contribution is -2.42. The molecular formula is C34H36BrNO2. The Labute approximate surface area is 234 Å². The second-order valence-corrected chi connectivity index (χ2v) is 11.7. The van der Waals surface area contributed by atoms with Gasteiger partial charge in [0.05, 0.1) is 7.11 Å². The first-order valence-corrected chi connectivity index (χ1v) is 14.1. The number of hydrogen-bond acceptors (Lipinski definition) is 3. The molecule has 0 fully saturated rings. The molecule has 0 amide bonds. The summed E-state index contributed by atoms with van der Waals surface area (Å²) in [6.45, 7) is 3.01. The molecule has 2 unspecified atom stereocenters. The molecule has 0 aliphatic heterocycles. The van der Waals surface area contributed by atoms with Gasteiger partial charge in [0.25, 0.3) is 0 Å². The summed E-state index contributed by atoms with van der Waals surface area (Å²) in [6.07, 6.45) is 3.76. The van der Waals surface area contributed by atoms with Crippen LogP contribution < -0.4 is 4.74 Å². The fourth-order valence-corrected chi connectivity index (χ4v) is 6.35. The van der Waals surface area contributed by atoms with E-state index in [-0.39, 0.29) is 5.92 Å². The van der Waals surface area contributed by atoms with E-state index in [0.717, 1.165) is 56.2 Å². The number of nitrogens with zero attached hydrogens (tertiary/aromatic N) is 1. The van der Waals surface area contributed by atoms with Crippen LogP contribution in [0.5, 0.6) is 5.75 Å². The SMILES string of the molecule is COc1cc2ccc(Br)cc2cc1C(c1ccccc1)[C@@](O)(CCN(C)C)C1=CCC(C)c2ccccc21. The van der Waals surface area contributed by atoms with Crippen molar-refractivity contribution in [2.45, 2.75) is 37.2 Å². The summed E-state index contributed by atoms with van der Waals surface area (Å²) < 4.78 is 7.05.